The predicted octanol–water partition coefficient (Wildman–Crippen LogP) is 2.46. The first kappa shape index (κ1) is 15.9. The number of carbonyl (C=O) groups is 1. The highest BCUT2D eigenvalue weighted by Gasteiger charge is 2.07. The van der Waals surface area contributed by atoms with Crippen molar-refractivity contribution >= 4 is 34.2 Å². The molecule has 1 aromatic rings. The SMILES string of the molecule is CCC(=O)Nc1ccc(OC)c(N=C(NC#N)SC)c1. The highest BCUT2D eigenvalue weighted by Crippen LogP contribution is 2.31. The highest BCUT2D eigenvalue weighted by molar-refractivity contribution is 8.13. The van der Waals surface area contributed by atoms with Gasteiger partial charge in [0, 0.05) is 12.1 Å². The van der Waals surface area contributed by atoms with Crippen LogP contribution in [-0.4, -0.2) is 24.4 Å². The number of aliphatic imine (C=N–C) groups is 1. The molecule has 7 heteroatoms. The number of carbonyl (C=O) groups excluding carboxylic acids is 1. The maximum Gasteiger partial charge on any atom is 0.224 e. The fourth-order valence-electron chi connectivity index (χ4n) is 1.39. The third kappa shape index (κ3) is 4.48. The van der Waals surface area contributed by atoms with Gasteiger partial charge in [-0.25, -0.2) is 4.99 Å². The van der Waals surface area contributed by atoms with Gasteiger partial charge in [-0.2, -0.15) is 5.26 Å². The predicted molar refractivity (Wildman–Crippen MR) is 81.3 cm³/mol. The van der Waals surface area contributed by atoms with Gasteiger partial charge >= 0.3 is 0 Å². The first-order chi connectivity index (χ1) is 9.64. The number of hydrogen-bond acceptors (Lipinski definition) is 5. The molecule has 0 aliphatic heterocycles. The van der Waals surface area contributed by atoms with E-state index in [2.05, 4.69) is 15.6 Å². The van der Waals surface area contributed by atoms with E-state index < -0.39 is 0 Å². The standard InChI is InChI=1S/C13H16N4O2S/c1-4-12(18)16-9-5-6-11(19-2)10(7-9)17-13(20-3)15-8-14/h5-7H,4H2,1-3H3,(H,15,17)(H,16,18). The molecule has 1 amide bonds. The number of nitriles is 1. The summed E-state index contributed by atoms with van der Waals surface area (Å²) in [5.41, 5.74) is 1.17. The van der Waals surface area contributed by atoms with Crippen molar-refractivity contribution in [1.82, 2.24) is 5.32 Å². The lowest BCUT2D eigenvalue weighted by molar-refractivity contribution is -0.115. The van der Waals surface area contributed by atoms with E-state index in [4.69, 9.17) is 10.00 Å². The van der Waals surface area contributed by atoms with Crippen molar-refractivity contribution in [2.45, 2.75) is 13.3 Å². The van der Waals surface area contributed by atoms with Gasteiger partial charge in [0.25, 0.3) is 0 Å². The fraction of sp³-hybridized carbons (Fsp3) is 0.308. The minimum absolute atomic E-state index is 0.0784. The second-order valence-electron chi connectivity index (χ2n) is 3.65. The van der Waals surface area contributed by atoms with Crippen LogP contribution < -0.4 is 15.4 Å². The maximum absolute atomic E-state index is 11.4. The summed E-state index contributed by atoms with van der Waals surface area (Å²) in [5.74, 6) is 0.483. The largest absolute Gasteiger partial charge is 0.494 e. The highest BCUT2D eigenvalue weighted by atomic mass is 32.2. The number of amides is 1. The number of anilines is 1. The van der Waals surface area contributed by atoms with Crippen LogP contribution in [0.4, 0.5) is 11.4 Å². The monoisotopic (exact) mass is 292 g/mol. The topological polar surface area (TPSA) is 86.5 Å². The van der Waals surface area contributed by atoms with Crippen molar-refractivity contribution in [3.05, 3.63) is 18.2 Å². The van der Waals surface area contributed by atoms with E-state index in [-0.39, 0.29) is 5.91 Å². The van der Waals surface area contributed by atoms with Crippen LogP contribution in [0.15, 0.2) is 23.2 Å². The molecule has 1 rings (SSSR count). The summed E-state index contributed by atoms with van der Waals surface area (Å²) >= 11 is 1.31. The van der Waals surface area contributed by atoms with Gasteiger partial charge in [0.15, 0.2) is 11.4 Å². The molecule has 0 heterocycles. The summed E-state index contributed by atoms with van der Waals surface area (Å²) in [5, 5.41) is 14.3. The number of rotatable bonds is 4. The van der Waals surface area contributed by atoms with Crippen LogP contribution >= 0.6 is 11.8 Å². The molecule has 2 N–H and O–H groups in total. The van der Waals surface area contributed by atoms with Crippen molar-refractivity contribution in [3.8, 4) is 11.9 Å². The number of hydrogen-bond donors (Lipinski definition) is 2. The van der Waals surface area contributed by atoms with Gasteiger partial charge in [-0.15, -0.1) is 0 Å². The molecule has 0 saturated heterocycles. The Bertz CT molecular complexity index is 552. The molecular formula is C13H16N4O2S. The van der Waals surface area contributed by atoms with E-state index >= 15 is 0 Å². The van der Waals surface area contributed by atoms with Gasteiger partial charge in [-0.05, 0) is 24.5 Å². The van der Waals surface area contributed by atoms with Crippen LogP contribution in [-0.2, 0) is 4.79 Å². The average Bonchev–Trinajstić information content (AvgIpc) is 2.47. The Morgan fingerprint density at radius 2 is 2.30 bits per heavy atom. The van der Waals surface area contributed by atoms with Crippen LogP contribution in [0.2, 0.25) is 0 Å². The van der Waals surface area contributed by atoms with Gasteiger partial charge in [-0.1, -0.05) is 18.7 Å². The normalized spacial score (nSPS) is 10.6. The molecule has 0 aliphatic carbocycles. The summed E-state index contributed by atoms with van der Waals surface area (Å²) < 4.78 is 5.22. The third-order valence-electron chi connectivity index (χ3n) is 2.36. The average molecular weight is 292 g/mol. The number of amidine groups is 1. The minimum atomic E-state index is -0.0784. The summed E-state index contributed by atoms with van der Waals surface area (Å²) in [6.45, 7) is 1.78. The van der Waals surface area contributed by atoms with Crippen LogP contribution in [0.5, 0.6) is 5.75 Å². The Kier molecular flexibility index (Phi) is 6.40. The van der Waals surface area contributed by atoms with Gasteiger partial charge in [0.2, 0.25) is 5.91 Å². The molecule has 0 atom stereocenters. The van der Waals surface area contributed by atoms with Crippen LogP contribution in [0, 0.1) is 11.5 Å². The van der Waals surface area contributed by atoms with Gasteiger partial charge < -0.3 is 10.1 Å². The van der Waals surface area contributed by atoms with Gasteiger partial charge in [0.05, 0.1) is 7.11 Å². The Hall–Kier alpha value is -2.20. The Morgan fingerprint density at radius 3 is 2.85 bits per heavy atom. The molecule has 0 aromatic heterocycles. The summed E-state index contributed by atoms with van der Waals surface area (Å²) in [6.07, 6.45) is 4.02. The van der Waals surface area contributed by atoms with Crippen molar-refractivity contribution in [3.63, 3.8) is 0 Å². The smallest absolute Gasteiger partial charge is 0.224 e. The van der Waals surface area contributed by atoms with Gasteiger partial charge in [0.1, 0.15) is 11.4 Å². The second kappa shape index (κ2) is 8.07. The first-order valence-electron chi connectivity index (χ1n) is 5.90. The van der Waals surface area contributed by atoms with Crippen LogP contribution in [0.1, 0.15) is 13.3 Å². The summed E-state index contributed by atoms with van der Waals surface area (Å²) in [7, 11) is 1.54. The number of ether oxygens (including phenoxy) is 1. The lowest BCUT2D eigenvalue weighted by atomic mass is 10.2. The molecule has 0 bridgehead atoms. The number of methoxy groups -OCH3 is 1. The Balaban J connectivity index is 3.11. The number of thioether (sulfide) groups is 1. The van der Waals surface area contributed by atoms with Crippen molar-refractivity contribution in [1.29, 1.82) is 5.26 Å². The molecule has 1 aromatic carbocycles. The number of nitrogens with one attached hydrogen (secondary N) is 2. The van der Waals surface area contributed by atoms with Crippen LogP contribution in [0.3, 0.4) is 0 Å². The lowest BCUT2D eigenvalue weighted by Gasteiger charge is -2.09. The van der Waals surface area contributed by atoms with Crippen molar-refractivity contribution < 1.29 is 9.53 Å². The minimum Gasteiger partial charge on any atom is -0.494 e. The van der Waals surface area contributed by atoms with E-state index in [1.54, 1.807) is 31.4 Å². The lowest BCUT2D eigenvalue weighted by Crippen LogP contribution is -2.12. The molecule has 20 heavy (non-hydrogen) atoms. The fourth-order valence-corrected chi connectivity index (χ4v) is 1.72. The molecule has 0 spiro atoms. The number of benzene rings is 1. The molecule has 106 valence electrons. The van der Waals surface area contributed by atoms with E-state index in [1.807, 2.05) is 6.19 Å². The molecule has 0 unspecified atom stereocenters. The summed E-state index contributed by atoms with van der Waals surface area (Å²) in [4.78, 5) is 15.7. The maximum atomic E-state index is 11.4. The molecule has 0 fully saturated rings. The molecule has 0 aliphatic rings. The molecular weight excluding hydrogens is 276 g/mol. The molecule has 0 saturated carbocycles. The second-order valence-corrected chi connectivity index (χ2v) is 4.44. The third-order valence-corrected chi connectivity index (χ3v) is 2.94. The zero-order chi connectivity index (χ0) is 15.0. The Morgan fingerprint density at radius 1 is 1.55 bits per heavy atom. The van der Waals surface area contributed by atoms with E-state index in [0.717, 1.165) is 0 Å². The van der Waals surface area contributed by atoms with Gasteiger partial charge in [-0.3, -0.25) is 10.1 Å². The Labute approximate surface area is 122 Å². The van der Waals surface area contributed by atoms with Crippen molar-refractivity contribution in [2.75, 3.05) is 18.7 Å². The zero-order valence-electron chi connectivity index (χ0n) is 11.6. The summed E-state index contributed by atoms with van der Waals surface area (Å²) in [6, 6.07) is 5.15. The first-order valence-corrected chi connectivity index (χ1v) is 7.12. The zero-order valence-corrected chi connectivity index (χ0v) is 12.4. The number of nitrogens with zero attached hydrogens (tertiary/aromatic N) is 2. The van der Waals surface area contributed by atoms with Crippen molar-refractivity contribution in [2.24, 2.45) is 4.99 Å². The molecule has 0 radical (unpaired) electrons. The van der Waals surface area contributed by atoms with E-state index in [9.17, 15) is 4.79 Å². The van der Waals surface area contributed by atoms with E-state index in [1.165, 1.54) is 18.9 Å². The van der Waals surface area contributed by atoms with E-state index in [0.29, 0.717) is 28.7 Å². The quantitative estimate of drug-likeness (QED) is 0.385. The molecule has 6 nitrogen and oxygen atoms in total. The van der Waals surface area contributed by atoms with Crippen LogP contribution in [0.25, 0.3) is 0 Å².